The lowest BCUT2D eigenvalue weighted by Gasteiger charge is -2.17. The van der Waals surface area contributed by atoms with E-state index < -0.39 is 11.4 Å². The first-order chi connectivity index (χ1) is 6.00. The molecule has 1 heterocycles. The molecule has 1 aromatic rings. The molecule has 0 saturated carbocycles. The van der Waals surface area contributed by atoms with Gasteiger partial charge in [-0.15, -0.1) is 0 Å². The molecule has 13 heavy (non-hydrogen) atoms. The molecule has 2 nitrogen and oxygen atoms in total. The van der Waals surface area contributed by atoms with Crippen LogP contribution in [0, 0.1) is 0 Å². The van der Waals surface area contributed by atoms with Crippen molar-refractivity contribution in [3.8, 4) is 0 Å². The Bertz CT molecular complexity index is 274. The average Bonchev–Trinajstić information content (AvgIpc) is 2.50. The third-order valence-corrected chi connectivity index (χ3v) is 3.41. The van der Waals surface area contributed by atoms with Crippen LogP contribution in [0.3, 0.4) is 0 Å². The molecule has 0 unspecified atom stereocenters. The second-order valence-electron chi connectivity index (χ2n) is 3.65. The standard InChI is InChI=1S/C9H13NOS2/c1-9(2,3)13(11)10-6-8-4-5-12-7-8/h4-7H,1-3H3/t13-/m0/s1. The molecule has 0 radical (unpaired) electrons. The van der Waals surface area contributed by atoms with Gasteiger partial charge in [-0.05, 0) is 37.6 Å². The molecular weight excluding hydrogens is 202 g/mol. The van der Waals surface area contributed by atoms with Crippen molar-refractivity contribution < 1.29 is 4.55 Å². The molecule has 1 aromatic heterocycles. The molecule has 0 amide bonds. The summed E-state index contributed by atoms with van der Waals surface area (Å²) >= 11 is 0.461. The Morgan fingerprint density at radius 1 is 1.54 bits per heavy atom. The summed E-state index contributed by atoms with van der Waals surface area (Å²) in [4.78, 5) is 0. The van der Waals surface area contributed by atoms with Gasteiger partial charge >= 0.3 is 0 Å². The van der Waals surface area contributed by atoms with E-state index in [1.54, 1.807) is 17.6 Å². The Labute approximate surface area is 86.0 Å². The molecule has 1 atom stereocenters. The normalized spacial score (nSPS) is 15.1. The van der Waals surface area contributed by atoms with E-state index in [0.717, 1.165) is 5.56 Å². The second kappa shape index (κ2) is 4.26. The molecule has 0 aromatic carbocycles. The van der Waals surface area contributed by atoms with E-state index in [4.69, 9.17) is 0 Å². The highest BCUT2D eigenvalue weighted by Gasteiger charge is 2.25. The van der Waals surface area contributed by atoms with Crippen LogP contribution in [0.5, 0.6) is 0 Å². The SMILES string of the molecule is CC(C)(C)[S@+]([O-])N=Cc1ccsc1. The van der Waals surface area contributed by atoms with Gasteiger partial charge in [0.25, 0.3) is 0 Å². The van der Waals surface area contributed by atoms with Crippen molar-refractivity contribution in [2.24, 2.45) is 4.40 Å². The fourth-order valence-electron chi connectivity index (χ4n) is 0.615. The lowest BCUT2D eigenvalue weighted by Crippen LogP contribution is -2.25. The maximum absolute atomic E-state index is 11.5. The van der Waals surface area contributed by atoms with Crippen LogP contribution >= 0.6 is 11.3 Å². The number of hydrogen-bond donors (Lipinski definition) is 0. The van der Waals surface area contributed by atoms with Gasteiger partial charge in [0.2, 0.25) is 0 Å². The minimum absolute atomic E-state index is 0.271. The Kier molecular flexibility index (Phi) is 3.53. The molecule has 0 aliphatic carbocycles. The van der Waals surface area contributed by atoms with Gasteiger partial charge in [0, 0.05) is 5.56 Å². The topological polar surface area (TPSA) is 35.4 Å². The maximum Gasteiger partial charge on any atom is 0.144 e. The number of hydrogen-bond acceptors (Lipinski definition) is 3. The highest BCUT2D eigenvalue weighted by molar-refractivity contribution is 7.91. The molecule has 0 spiro atoms. The first-order valence-electron chi connectivity index (χ1n) is 3.98. The fraction of sp³-hybridized carbons (Fsp3) is 0.444. The molecule has 72 valence electrons. The number of thiophene rings is 1. The molecular formula is C9H13NOS2. The van der Waals surface area contributed by atoms with E-state index in [2.05, 4.69) is 4.40 Å². The zero-order chi connectivity index (χ0) is 9.90. The van der Waals surface area contributed by atoms with Crippen molar-refractivity contribution in [2.45, 2.75) is 25.5 Å². The Morgan fingerprint density at radius 2 is 2.23 bits per heavy atom. The van der Waals surface area contributed by atoms with Crippen LogP contribution in [0.4, 0.5) is 0 Å². The Balaban J connectivity index is 2.59. The van der Waals surface area contributed by atoms with Crippen LogP contribution < -0.4 is 0 Å². The van der Waals surface area contributed by atoms with Gasteiger partial charge < -0.3 is 4.55 Å². The maximum atomic E-state index is 11.5. The summed E-state index contributed by atoms with van der Waals surface area (Å²) in [6.45, 7) is 5.73. The number of rotatable bonds is 2. The smallest absolute Gasteiger partial charge is 0.144 e. The summed E-state index contributed by atoms with van der Waals surface area (Å²) in [6, 6.07) is 1.95. The molecule has 0 N–H and O–H groups in total. The summed E-state index contributed by atoms with van der Waals surface area (Å²) in [5, 5.41) is 3.95. The molecule has 0 saturated heterocycles. The van der Waals surface area contributed by atoms with Crippen molar-refractivity contribution in [3.63, 3.8) is 0 Å². The Hall–Kier alpha value is -0.320. The summed E-state index contributed by atoms with van der Waals surface area (Å²) in [5.41, 5.74) is 1.02. The largest absolute Gasteiger partial charge is 0.591 e. The van der Waals surface area contributed by atoms with Crippen molar-refractivity contribution >= 4 is 28.9 Å². The van der Waals surface area contributed by atoms with Crippen molar-refractivity contribution in [1.29, 1.82) is 0 Å². The lowest BCUT2D eigenvalue weighted by molar-refractivity contribution is 0.562. The van der Waals surface area contributed by atoms with Crippen LogP contribution in [-0.2, 0) is 11.4 Å². The van der Waals surface area contributed by atoms with Gasteiger partial charge in [-0.2, -0.15) is 11.3 Å². The van der Waals surface area contributed by atoms with Crippen molar-refractivity contribution in [3.05, 3.63) is 22.4 Å². The predicted octanol–water partition coefficient (Wildman–Crippen LogP) is 2.63. The highest BCUT2D eigenvalue weighted by Crippen LogP contribution is 2.16. The second-order valence-corrected chi connectivity index (χ2v) is 6.37. The van der Waals surface area contributed by atoms with E-state index >= 15 is 0 Å². The molecule has 4 heteroatoms. The average molecular weight is 215 g/mol. The first-order valence-corrected chi connectivity index (χ1v) is 6.03. The van der Waals surface area contributed by atoms with E-state index in [0.29, 0.717) is 0 Å². The van der Waals surface area contributed by atoms with Crippen LogP contribution in [0.25, 0.3) is 0 Å². The van der Waals surface area contributed by atoms with Gasteiger partial charge in [0.1, 0.15) is 16.1 Å². The molecule has 0 aliphatic rings. The molecule has 0 bridgehead atoms. The van der Waals surface area contributed by atoms with E-state index in [9.17, 15) is 4.55 Å². The molecule has 0 aliphatic heterocycles. The summed E-state index contributed by atoms with van der Waals surface area (Å²) in [5.74, 6) is 0. The van der Waals surface area contributed by atoms with Crippen molar-refractivity contribution in [2.75, 3.05) is 0 Å². The summed E-state index contributed by atoms with van der Waals surface area (Å²) in [6.07, 6.45) is 1.66. The third kappa shape index (κ3) is 3.50. The summed E-state index contributed by atoms with van der Waals surface area (Å²) < 4.78 is 15.2. The number of nitrogens with zero attached hydrogens (tertiary/aromatic N) is 1. The molecule has 0 fully saturated rings. The lowest BCUT2D eigenvalue weighted by atomic mass is 10.3. The van der Waals surface area contributed by atoms with Gasteiger partial charge in [-0.3, -0.25) is 0 Å². The van der Waals surface area contributed by atoms with Crippen molar-refractivity contribution in [1.82, 2.24) is 0 Å². The highest BCUT2D eigenvalue weighted by atomic mass is 32.2. The fourth-order valence-corrected chi connectivity index (χ4v) is 1.76. The minimum atomic E-state index is -1.15. The minimum Gasteiger partial charge on any atom is -0.591 e. The van der Waals surface area contributed by atoms with Crippen LogP contribution in [0.1, 0.15) is 26.3 Å². The zero-order valence-electron chi connectivity index (χ0n) is 7.98. The van der Waals surface area contributed by atoms with E-state index in [-0.39, 0.29) is 4.75 Å². The Morgan fingerprint density at radius 3 is 2.69 bits per heavy atom. The third-order valence-electron chi connectivity index (χ3n) is 1.36. The van der Waals surface area contributed by atoms with E-state index in [1.165, 1.54) is 0 Å². The van der Waals surface area contributed by atoms with Gasteiger partial charge in [-0.25, -0.2) is 0 Å². The zero-order valence-corrected chi connectivity index (χ0v) is 9.61. The predicted molar refractivity (Wildman–Crippen MR) is 59.8 cm³/mol. The molecule has 1 rings (SSSR count). The van der Waals surface area contributed by atoms with Crippen LogP contribution in [-0.4, -0.2) is 15.5 Å². The quantitative estimate of drug-likeness (QED) is 0.552. The summed E-state index contributed by atoms with van der Waals surface area (Å²) in [7, 11) is 0. The van der Waals surface area contributed by atoms with Crippen LogP contribution in [0.2, 0.25) is 0 Å². The van der Waals surface area contributed by atoms with Crippen LogP contribution in [0.15, 0.2) is 21.2 Å². The van der Waals surface area contributed by atoms with Gasteiger partial charge in [-0.1, -0.05) is 4.40 Å². The van der Waals surface area contributed by atoms with Gasteiger partial charge in [0.15, 0.2) is 0 Å². The van der Waals surface area contributed by atoms with E-state index in [1.807, 2.05) is 37.6 Å². The monoisotopic (exact) mass is 215 g/mol. The van der Waals surface area contributed by atoms with Gasteiger partial charge in [0.05, 0.1) is 6.21 Å². The first kappa shape index (κ1) is 10.8.